The number of thiocarbonyl (C=S) groups is 1. The van der Waals surface area contributed by atoms with E-state index < -0.39 is 4.92 Å². The summed E-state index contributed by atoms with van der Waals surface area (Å²) in [7, 11) is 0. The van der Waals surface area contributed by atoms with Crippen molar-refractivity contribution < 1.29 is 9.31 Å². The van der Waals surface area contributed by atoms with Crippen LogP contribution in [0.2, 0.25) is 0 Å². The SMILES string of the molecule is CC(C)[C@H](NC(=S)Nc1ccc([N+](=O)[O-])cc1)c1ccc(F)cc1. The zero-order chi connectivity index (χ0) is 17.7. The van der Waals surface area contributed by atoms with Crippen LogP contribution in [0.3, 0.4) is 0 Å². The molecule has 126 valence electrons. The Morgan fingerprint density at radius 1 is 1.12 bits per heavy atom. The third kappa shape index (κ3) is 4.73. The van der Waals surface area contributed by atoms with Crippen molar-refractivity contribution in [3.63, 3.8) is 0 Å². The normalized spacial score (nSPS) is 11.8. The number of nitrogens with one attached hydrogen (secondary N) is 2. The van der Waals surface area contributed by atoms with Crippen LogP contribution in [0.1, 0.15) is 25.5 Å². The molecule has 0 saturated heterocycles. The molecule has 0 aliphatic rings. The van der Waals surface area contributed by atoms with E-state index in [9.17, 15) is 14.5 Å². The van der Waals surface area contributed by atoms with Crippen molar-refractivity contribution in [3.8, 4) is 0 Å². The van der Waals surface area contributed by atoms with Crippen LogP contribution in [0.25, 0.3) is 0 Å². The largest absolute Gasteiger partial charge is 0.355 e. The van der Waals surface area contributed by atoms with Crippen molar-refractivity contribution in [1.29, 1.82) is 0 Å². The van der Waals surface area contributed by atoms with Crippen molar-refractivity contribution in [2.45, 2.75) is 19.9 Å². The Hall–Kier alpha value is -2.54. The van der Waals surface area contributed by atoms with Crippen LogP contribution in [0, 0.1) is 21.8 Å². The minimum absolute atomic E-state index is 0.0193. The van der Waals surface area contributed by atoms with E-state index in [1.165, 1.54) is 24.3 Å². The van der Waals surface area contributed by atoms with Crippen LogP contribution in [-0.2, 0) is 0 Å². The van der Waals surface area contributed by atoms with Gasteiger partial charge in [-0.05, 0) is 48.0 Å². The van der Waals surface area contributed by atoms with Gasteiger partial charge in [0, 0.05) is 17.8 Å². The van der Waals surface area contributed by atoms with Crippen LogP contribution in [0.5, 0.6) is 0 Å². The predicted octanol–water partition coefficient (Wildman–Crippen LogP) is 4.42. The topological polar surface area (TPSA) is 67.2 Å². The van der Waals surface area contributed by atoms with Gasteiger partial charge in [0.25, 0.3) is 5.69 Å². The first-order valence-corrected chi connectivity index (χ1v) is 7.85. The van der Waals surface area contributed by atoms with Crippen molar-refractivity contribution >= 4 is 28.7 Å². The molecule has 2 rings (SSSR count). The van der Waals surface area contributed by atoms with Gasteiger partial charge in [-0.25, -0.2) is 4.39 Å². The Morgan fingerprint density at radius 3 is 2.21 bits per heavy atom. The molecule has 0 fully saturated rings. The monoisotopic (exact) mass is 347 g/mol. The van der Waals surface area contributed by atoms with Crippen LogP contribution >= 0.6 is 12.2 Å². The Balaban J connectivity index is 2.05. The number of benzene rings is 2. The maximum absolute atomic E-state index is 13.1. The van der Waals surface area contributed by atoms with Gasteiger partial charge in [-0.15, -0.1) is 0 Å². The number of halogens is 1. The lowest BCUT2D eigenvalue weighted by Gasteiger charge is -2.24. The second-order valence-electron chi connectivity index (χ2n) is 5.68. The molecule has 24 heavy (non-hydrogen) atoms. The zero-order valence-corrected chi connectivity index (χ0v) is 14.1. The highest BCUT2D eigenvalue weighted by atomic mass is 32.1. The molecule has 0 saturated carbocycles. The lowest BCUT2D eigenvalue weighted by molar-refractivity contribution is -0.384. The van der Waals surface area contributed by atoms with E-state index >= 15 is 0 Å². The maximum atomic E-state index is 13.1. The fourth-order valence-corrected chi connectivity index (χ4v) is 2.52. The summed E-state index contributed by atoms with van der Waals surface area (Å²) in [6, 6.07) is 12.2. The highest BCUT2D eigenvalue weighted by Gasteiger charge is 2.17. The molecule has 0 unspecified atom stereocenters. The third-order valence-electron chi connectivity index (χ3n) is 3.52. The number of nitro groups is 1. The zero-order valence-electron chi connectivity index (χ0n) is 13.3. The van der Waals surface area contributed by atoms with Gasteiger partial charge in [0.05, 0.1) is 11.0 Å². The molecule has 2 aromatic rings. The smallest absolute Gasteiger partial charge is 0.269 e. The van der Waals surface area contributed by atoms with E-state index in [0.29, 0.717) is 10.8 Å². The van der Waals surface area contributed by atoms with Gasteiger partial charge in [-0.1, -0.05) is 26.0 Å². The lowest BCUT2D eigenvalue weighted by atomic mass is 9.96. The number of non-ortho nitro benzene ring substituents is 1. The number of nitrogens with zero attached hydrogens (tertiary/aromatic N) is 1. The molecule has 0 spiro atoms. The second-order valence-corrected chi connectivity index (χ2v) is 6.08. The standard InChI is InChI=1S/C17H18FN3O2S/c1-11(2)16(12-3-5-13(18)6-4-12)20-17(24)19-14-7-9-15(10-8-14)21(22)23/h3-11,16H,1-2H3,(H2,19,20,24)/t16-/m0/s1. The first-order chi connectivity index (χ1) is 11.4. The average Bonchev–Trinajstić information content (AvgIpc) is 2.54. The fraction of sp³-hybridized carbons (Fsp3) is 0.235. The summed E-state index contributed by atoms with van der Waals surface area (Å²) < 4.78 is 13.1. The van der Waals surface area contributed by atoms with Gasteiger partial charge in [0.1, 0.15) is 5.82 Å². The quantitative estimate of drug-likeness (QED) is 0.476. The Bertz CT molecular complexity index is 718. The van der Waals surface area contributed by atoms with E-state index in [-0.39, 0.29) is 23.5 Å². The second kappa shape index (κ2) is 7.83. The Morgan fingerprint density at radius 2 is 1.71 bits per heavy atom. The summed E-state index contributed by atoms with van der Waals surface area (Å²) in [5.41, 5.74) is 1.60. The summed E-state index contributed by atoms with van der Waals surface area (Å²) >= 11 is 5.31. The Labute approximate surface area is 145 Å². The summed E-state index contributed by atoms with van der Waals surface area (Å²) in [6.07, 6.45) is 0. The minimum atomic E-state index is -0.455. The number of anilines is 1. The summed E-state index contributed by atoms with van der Waals surface area (Å²) in [4.78, 5) is 10.2. The van der Waals surface area contributed by atoms with Gasteiger partial charge in [-0.3, -0.25) is 10.1 Å². The van der Waals surface area contributed by atoms with E-state index in [2.05, 4.69) is 10.6 Å². The first-order valence-electron chi connectivity index (χ1n) is 7.44. The average molecular weight is 347 g/mol. The molecule has 0 aromatic heterocycles. The Kier molecular flexibility index (Phi) is 5.81. The van der Waals surface area contributed by atoms with E-state index in [1.54, 1.807) is 24.3 Å². The number of rotatable bonds is 5. The number of hydrogen-bond donors (Lipinski definition) is 2. The summed E-state index contributed by atoms with van der Waals surface area (Å²) in [5.74, 6) is -0.0556. The molecular formula is C17H18FN3O2S. The molecule has 0 heterocycles. The summed E-state index contributed by atoms with van der Waals surface area (Å²) in [5, 5.41) is 17.3. The molecule has 0 bridgehead atoms. The maximum Gasteiger partial charge on any atom is 0.269 e. The van der Waals surface area contributed by atoms with E-state index in [1.807, 2.05) is 13.8 Å². The lowest BCUT2D eigenvalue weighted by Crippen LogP contribution is -2.34. The van der Waals surface area contributed by atoms with Crippen molar-refractivity contribution in [3.05, 3.63) is 70.0 Å². The van der Waals surface area contributed by atoms with Gasteiger partial charge >= 0.3 is 0 Å². The molecule has 0 aliphatic heterocycles. The van der Waals surface area contributed by atoms with Crippen molar-refractivity contribution in [2.24, 2.45) is 5.92 Å². The molecule has 0 amide bonds. The third-order valence-corrected chi connectivity index (χ3v) is 3.74. The predicted molar refractivity (Wildman–Crippen MR) is 96.4 cm³/mol. The molecule has 1 atom stereocenters. The van der Waals surface area contributed by atoms with Crippen LogP contribution in [0.15, 0.2) is 48.5 Å². The number of nitro benzene ring substituents is 1. The van der Waals surface area contributed by atoms with E-state index in [4.69, 9.17) is 12.2 Å². The van der Waals surface area contributed by atoms with E-state index in [0.717, 1.165) is 5.56 Å². The molecule has 2 N–H and O–H groups in total. The molecule has 5 nitrogen and oxygen atoms in total. The van der Waals surface area contributed by atoms with Crippen molar-refractivity contribution in [1.82, 2.24) is 5.32 Å². The molecule has 0 radical (unpaired) electrons. The molecular weight excluding hydrogens is 329 g/mol. The molecule has 0 aliphatic carbocycles. The van der Waals surface area contributed by atoms with Crippen LogP contribution in [-0.4, -0.2) is 10.0 Å². The highest BCUT2D eigenvalue weighted by Crippen LogP contribution is 2.22. The summed E-state index contributed by atoms with van der Waals surface area (Å²) in [6.45, 7) is 4.07. The van der Waals surface area contributed by atoms with Gasteiger partial charge in [-0.2, -0.15) is 0 Å². The fourth-order valence-electron chi connectivity index (χ4n) is 2.28. The molecule has 2 aromatic carbocycles. The van der Waals surface area contributed by atoms with Gasteiger partial charge in [0.15, 0.2) is 5.11 Å². The van der Waals surface area contributed by atoms with Gasteiger partial charge in [0.2, 0.25) is 0 Å². The minimum Gasteiger partial charge on any atom is -0.355 e. The van der Waals surface area contributed by atoms with Crippen LogP contribution < -0.4 is 10.6 Å². The highest BCUT2D eigenvalue weighted by molar-refractivity contribution is 7.80. The first kappa shape index (κ1) is 17.8. The van der Waals surface area contributed by atoms with Crippen molar-refractivity contribution in [2.75, 3.05) is 5.32 Å². The number of hydrogen-bond acceptors (Lipinski definition) is 3. The van der Waals surface area contributed by atoms with Gasteiger partial charge < -0.3 is 10.6 Å². The van der Waals surface area contributed by atoms with Crippen LogP contribution in [0.4, 0.5) is 15.8 Å². The molecule has 7 heteroatoms.